The van der Waals surface area contributed by atoms with Crippen molar-refractivity contribution in [2.75, 3.05) is 23.7 Å². The largest absolute Gasteiger partial charge is 0.383 e. The summed E-state index contributed by atoms with van der Waals surface area (Å²) >= 11 is 0. The SMILES string of the molecule is CCCCN(CC(=O)NC1CCCCCCC1)c1c(N)n(CC(C)C)c(=O)[nH]c1=O. The van der Waals surface area contributed by atoms with Gasteiger partial charge in [0.1, 0.15) is 11.5 Å². The molecular formula is C22H39N5O3. The molecule has 170 valence electrons. The van der Waals surface area contributed by atoms with Crippen molar-refractivity contribution in [2.24, 2.45) is 5.92 Å². The van der Waals surface area contributed by atoms with Crippen molar-refractivity contribution >= 4 is 17.4 Å². The fourth-order valence-electron chi connectivity index (χ4n) is 4.10. The molecule has 8 nitrogen and oxygen atoms in total. The van der Waals surface area contributed by atoms with E-state index in [-0.39, 0.29) is 35.9 Å². The lowest BCUT2D eigenvalue weighted by molar-refractivity contribution is -0.120. The van der Waals surface area contributed by atoms with Crippen molar-refractivity contribution in [2.45, 2.75) is 91.1 Å². The molecule has 0 aliphatic heterocycles. The number of aromatic nitrogens is 2. The van der Waals surface area contributed by atoms with E-state index >= 15 is 0 Å². The molecule has 1 amide bonds. The standard InChI is InChI=1S/C22H39N5O3/c1-4-5-13-26(15-18(28)24-17-11-9-7-6-8-10-12-17)19-20(23)27(14-16(2)3)22(30)25-21(19)29/h16-17H,4-15,23H2,1-3H3,(H,24,28)(H,25,29,30). The van der Waals surface area contributed by atoms with Crippen LogP contribution in [-0.2, 0) is 11.3 Å². The molecule has 2 rings (SSSR count). The molecule has 0 bridgehead atoms. The fourth-order valence-corrected chi connectivity index (χ4v) is 4.10. The lowest BCUT2D eigenvalue weighted by atomic mass is 9.97. The molecule has 4 N–H and O–H groups in total. The Morgan fingerprint density at radius 2 is 1.83 bits per heavy atom. The molecule has 30 heavy (non-hydrogen) atoms. The van der Waals surface area contributed by atoms with Crippen LogP contribution in [0.1, 0.15) is 78.6 Å². The molecule has 1 aromatic heterocycles. The lowest BCUT2D eigenvalue weighted by Gasteiger charge is -2.27. The maximum Gasteiger partial charge on any atom is 0.330 e. The Labute approximate surface area is 179 Å². The van der Waals surface area contributed by atoms with Gasteiger partial charge in [0.05, 0.1) is 6.54 Å². The summed E-state index contributed by atoms with van der Waals surface area (Å²) in [5, 5.41) is 3.16. The smallest absolute Gasteiger partial charge is 0.330 e. The van der Waals surface area contributed by atoms with Crippen LogP contribution >= 0.6 is 0 Å². The fraction of sp³-hybridized carbons (Fsp3) is 0.773. The number of nitrogens with one attached hydrogen (secondary N) is 2. The van der Waals surface area contributed by atoms with Crippen LogP contribution in [0.25, 0.3) is 0 Å². The van der Waals surface area contributed by atoms with Gasteiger partial charge in [0.2, 0.25) is 5.91 Å². The van der Waals surface area contributed by atoms with Gasteiger partial charge in [-0.25, -0.2) is 4.79 Å². The second kappa shape index (κ2) is 11.8. The molecule has 0 radical (unpaired) electrons. The van der Waals surface area contributed by atoms with Crippen LogP contribution in [0.4, 0.5) is 11.5 Å². The zero-order valence-electron chi connectivity index (χ0n) is 18.8. The van der Waals surface area contributed by atoms with E-state index < -0.39 is 11.2 Å². The number of anilines is 2. The number of rotatable bonds is 9. The van der Waals surface area contributed by atoms with Crippen LogP contribution in [0.15, 0.2) is 9.59 Å². The molecule has 0 unspecified atom stereocenters. The van der Waals surface area contributed by atoms with Crippen molar-refractivity contribution in [3.63, 3.8) is 0 Å². The lowest BCUT2D eigenvalue weighted by Crippen LogP contribution is -2.46. The Kier molecular flexibility index (Phi) is 9.46. The highest BCUT2D eigenvalue weighted by molar-refractivity contribution is 5.82. The second-order valence-electron chi connectivity index (χ2n) is 8.88. The maximum atomic E-state index is 12.8. The Morgan fingerprint density at radius 1 is 1.20 bits per heavy atom. The highest BCUT2D eigenvalue weighted by atomic mass is 16.2. The molecule has 0 atom stereocenters. The summed E-state index contributed by atoms with van der Waals surface area (Å²) in [4.78, 5) is 41.8. The molecule has 8 heteroatoms. The number of unbranched alkanes of at least 4 members (excludes halogenated alkanes) is 1. The summed E-state index contributed by atoms with van der Waals surface area (Å²) in [6, 6.07) is 0.191. The number of hydrogen-bond donors (Lipinski definition) is 3. The number of nitrogens with two attached hydrogens (primary N) is 1. The first-order valence-electron chi connectivity index (χ1n) is 11.5. The first-order valence-corrected chi connectivity index (χ1v) is 11.5. The molecule has 0 spiro atoms. The van der Waals surface area contributed by atoms with Gasteiger partial charge >= 0.3 is 5.69 Å². The number of aromatic amines is 1. The number of H-pyrrole nitrogens is 1. The van der Waals surface area contributed by atoms with E-state index in [0.717, 1.165) is 38.5 Å². The summed E-state index contributed by atoms with van der Waals surface area (Å²) in [6.45, 7) is 7.01. The van der Waals surface area contributed by atoms with Gasteiger partial charge in [-0.15, -0.1) is 0 Å². The van der Waals surface area contributed by atoms with Gasteiger partial charge in [0.25, 0.3) is 5.56 Å². The Balaban J connectivity index is 2.23. The summed E-state index contributed by atoms with van der Waals surface area (Å²) in [7, 11) is 0. The number of nitrogen functional groups attached to an aromatic ring is 1. The Bertz CT molecular complexity index is 791. The predicted molar refractivity (Wildman–Crippen MR) is 122 cm³/mol. The minimum Gasteiger partial charge on any atom is -0.383 e. The summed E-state index contributed by atoms with van der Waals surface area (Å²) < 4.78 is 1.40. The highest BCUT2D eigenvalue weighted by Crippen LogP contribution is 2.19. The van der Waals surface area contributed by atoms with E-state index in [0.29, 0.717) is 13.1 Å². The van der Waals surface area contributed by atoms with Gasteiger partial charge in [0.15, 0.2) is 0 Å². The predicted octanol–water partition coefficient (Wildman–Crippen LogP) is 2.61. The number of amides is 1. The van der Waals surface area contributed by atoms with E-state index in [1.165, 1.54) is 23.8 Å². The minimum absolute atomic E-state index is 0.0592. The number of carbonyl (C=O) groups excluding carboxylic acids is 1. The monoisotopic (exact) mass is 421 g/mol. The Hall–Kier alpha value is -2.25. The zero-order chi connectivity index (χ0) is 22.1. The van der Waals surface area contributed by atoms with Crippen molar-refractivity contribution < 1.29 is 4.79 Å². The normalized spacial score (nSPS) is 15.6. The van der Waals surface area contributed by atoms with E-state index in [2.05, 4.69) is 17.2 Å². The van der Waals surface area contributed by atoms with Gasteiger partial charge in [0, 0.05) is 19.1 Å². The third-order valence-corrected chi connectivity index (χ3v) is 5.66. The molecule has 0 aromatic carbocycles. The van der Waals surface area contributed by atoms with Crippen LogP contribution < -0.4 is 27.2 Å². The van der Waals surface area contributed by atoms with Gasteiger partial charge in [-0.1, -0.05) is 59.3 Å². The zero-order valence-corrected chi connectivity index (χ0v) is 18.8. The molecule has 1 aliphatic rings. The van der Waals surface area contributed by atoms with Gasteiger partial charge in [-0.05, 0) is 25.2 Å². The molecule has 0 saturated heterocycles. The van der Waals surface area contributed by atoms with Crippen LogP contribution in [0.2, 0.25) is 0 Å². The molecule has 1 saturated carbocycles. The molecular weight excluding hydrogens is 382 g/mol. The van der Waals surface area contributed by atoms with Crippen molar-refractivity contribution in [1.82, 2.24) is 14.9 Å². The molecule has 1 aliphatic carbocycles. The van der Waals surface area contributed by atoms with Crippen molar-refractivity contribution in [3.05, 3.63) is 20.8 Å². The summed E-state index contributed by atoms with van der Waals surface area (Å²) in [5.41, 5.74) is 5.45. The van der Waals surface area contributed by atoms with Crippen LogP contribution in [-0.4, -0.2) is 34.6 Å². The minimum atomic E-state index is -0.535. The van der Waals surface area contributed by atoms with Crippen LogP contribution in [0, 0.1) is 5.92 Å². The quantitative estimate of drug-likeness (QED) is 0.567. The first-order chi connectivity index (χ1) is 14.3. The molecule has 1 fully saturated rings. The van der Waals surface area contributed by atoms with Crippen molar-refractivity contribution in [1.29, 1.82) is 0 Å². The maximum absolute atomic E-state index is 12.8. The Morgan fingerprint density at radius 3 is 2.43 bits per heavy atom. The molecule has 1 heterocycles. The van der Waals surface area contributed by atoms with E-state index in [4.69, 9.17) is 5.73 Å². The average molecular weight is 422 g/mol. The third-order valence-electron chi connectivity index (χ3n) is 5.66. The number of hydrogen-bond acceptors (Lipinski definition) is 5. The topological polar surface area (TPSA) is 113 Å². The van der Waals surface area contributed by atoms with E-state index in [1.807, 2.05) is 13.8 Å². The summed E-state index contributed by atoms with van der Waals surface area (Å²) in [5.74, 6) is 0.222. The van der Waals surface area contributed by atoms with Crippen molar-refractivity contribution in [3.8, 4) is 0 Å². The van der Waals surface area contributed by atoms with Gasteiger partial charge < -0.3 is 16.0 Å². The van der Waals surface area contributed by atoms with E-state index in [9.17, 15) is 14.4 Å². The second-order valence-corrected chi connectivity index (χ2v) is 8.88. The van der Waals surface area contributed by atoms with Gasteiger partial charge in [-0.3, -0.25) is 19.1 Å². The first kappa shape index (κ1) is 24.0. The third kappa shape index (κ3) is 6.92. The average Bonchev–Trinajstić information content (AvgIpc) is 2.64. The van der Waals surface area contributed by atoms with Gasteiger partial charge in [-0.2, -0.15) is 0 Å². The molecule has 1 aromatic rings. The number of carbonyl (C=O) groups is 1. The summed E-state index contributed by atoms with van der Waals surface area (Å²) in [6.07, 6.45) is 9.74. The highest BCUT2D eigenvalue weighted by Gasteiger charge is 2.22. The number of nitrogens with zero attached hydrogens (tertiary/aromatic N) is 2. The van der Waals surface area contributed by atoms with Crippen LogP contribution in [0.5, 0.6) is 0 Å². The van der Waals surface area contributed by atoms with Crippen LogP contribution in [0.3, 0.4) is 0 Å². The van der Waals surface area contributed by atoms with E-state index in [1.54, 1.807) is 4.90 Å².